The molecule has 0 spiro atoms. The molecule has 21 heavy (non-hydrogen) atoms. The van der Waals surface area contributed by atoms with Gasteiger partial charge in [0, 0.05) is 17.3 Å². The first-order valence-electron chi connectivity index (χ1n) is 6.03. The largest absolute Gasteiger partial charge is 0.322 e. The lowest BCUT2D eigenvalue weighted by Gasteiger charge is -2.03. The maximum absolute atomic E-state index is 13.4. The average Bonchev–Trinajstić information content (AvgIpc) is 2.46. The van der Waals surface area contributed by atoms with Crippen molar-refractivity contribution in [3.63, 3.8) is 0 Å². The fraction of sp³-hybridized carbons (Fsp3) is 0. The number of carbonyl (C=O) groups excluding carboxylic acids is 1. The predicted octanol–water partition coefficient (Wildman–Crippen LogP) is 4.00. The lowest BCUT2D eigenvalue weighted by Crippen LogP contribution is -2.07. The second-order valence-electron chi connectivity index (χ2n) is 4.15. The van der Waals surface area contributed by atoms with Crippen LogP contribution in [0.1, 0.15) is 11.1 Å². The highest BCUT2D eigenvalue weighted by atomic mass is 35.5. The standard InChI is InChI=1S/C16H10ClFN2O/c17-14-9-13(7-5-12(14)10-19)20-16(21)8-6-11-3-1-2-4-15(11)18/h1-9H,(H,20,21)/b8-6+. The smallest absolute Gasteiger partial charge is 0.248 e. The molecule has 0 unspecified atom stereocenters. The van der Waals surface area contributed by atoms with E-state index in [2.05, 4.69) is 5.32 Å². The molecule has 1 N–H and O–H groups in total. The molecule has 104 valence electrons. The van der Waals surface area contributed by atoms with Crippen LogP contribution in [-0.4, -0.2) is 5.91 Å². The molecular formula is C16H10ClFN2O. The summed E-state index contributed by atoms with van der Waals surface area (Å²) in [6.07, 6.45) is 2.61. The molecule has 0 fully saturated rings. The molecule has 0 aromatic heterocycles. The molecule has 2 aromatic carbocycles. The van der Waals surface area contributed by atoms with Crippen LogP contribution < -0.4 is 5.32 Å². The molecule has 0 heterocycles. The summed E-state index contributed by atoms with van der Waals surface area (Å²) >= 11 is 5.87. The minimum absolute atomic E-state index is 0.258. The van der Waals surface area contributed by atoms with E-state index in [0.29, 0.717) is 16.8 Å². The number of hydrogen-bond donors (Lipinski definition) is 1. The summed E-state index contributed by atoms with van der Waals surface area (Å²) in [7, 11) is 0. The van der Waals surface area contributed by atoms with Crippen molar-refractivity contribution in [1.82, 2.24) is 0 Å². The van der Waals surface area contributed by atoms with Crippen LogP contribution in [0.2, 0.25) is 5.02 Å². The summed E-state index contributed by atoms with van der Waals surface area (Å²) in [6.45, 7) is 0. The van der Waals surface area contributed by atoms with Gasteiger partial charge in [-0.1, -0.05) is 29.8 Å². The van der Waals surface area contributed by atoms with Gasteiger partial charge in [0.05, 0.1) is 10.6 Å². The van der Waals surface area contributed by atoms with Gasteiger partial charge in [0.2, 0.25) is 5.91 Å². The Hall–Kier alpha value is -2.64. The van der Waals surface area contributed by atoms with Crippen LogP contribution in [0.5, 0.6) is 0 Å². The third-order valence-electron chi connectivity index (χ3n) is 2.68. The number of anilines is 1. The summed E-state index contributed by atoms with van der Waals surface area (Å²) in [5.74, 6) is -0.818. The van der Waals surface area contributed by atoms with Crippen LogP contribution >= 0.6 is 11.6 Å². The van der Waals surface area contributed by atoms with Gasteiger partial charge in [0.25, 0.3) is 0 Å². The van der Waals surface area contributed by atoms with Crippen molar-refractivity contribution in [3.8, 4) is 6.07 Å². The summed E-state index contributed by atoms with van der Waals surface area (Å²) in [5, 5.41) is 11.6. The van der Waals surface area contributed by atoms with Gasteiger partial charge < -0.3 is 5.32 Å². The van der Waals surface area contributed by atoms with E-state index < -0.39 is 11.7 Å². The highest BCUT2D eigenvalue weighted by Crippen LogP contribution is 2.20. The zero-order valence-corrected chi connectivity index (χ0v) is 11.6. The third kappa shape index (κ3) is 3.91. The zero-order chi connectivity index (χ0) is 15.2. The van der Waals surface area contributed by atoms with Crippen molar-refractivity contribution < 1.29 is 9.18 Å². The van der Waals surface area contributed by atoms with E-state index in [1.54, 1.807) is 24.3 Å². The normalized spacial score (nSPS) is 10.3. The topological polar surface area (TPSA) is 52.9 Å². The van der Waals surface area contributed by atoms with Gasteiger partial charge in [-0.05, 0) is 30.3 Å². The summed E-state index contributed by atoms with van der Waals surface area (Å²) in [5.41, 5.74) is 1.12. The van der Waals surface area contributed by atoms with Gasteiger partial charge in [-0.25, -0.2) is 4.39 Å². The highest BCUT2D eigenvalue weighted by Gasteiger charge is 2.03. The quantitative estimate of drug-likeness (QED) is 0.871. The number of rotatable bonds is 3. The number of amides is 1. The molecule has 0 aliphatic heterocycles. The Kier molecular flexibility index (Phi) is 4.70. The molecule has 0 atom stereocenters. The van der Waals surface area contributed by atoms with Crippen molar-refractivity contribution >= 4 is 29.3 Å². The Labute approximate surface area is 126 Å². The monoisotopic (exact) mass is 300 g/mol. The zero-order valence-electron chi connectivity index (χ0n) is 10.8. The van der Waals surface area contributed by atoms with Crippen molar-refractivity contribution in [2.24, 2.45) is 0 Å². The van der Waals surface area contributed by atoms with E-state index in [9.17, 15) is 9.18 Å². The minimum Gasteiger partial charge on any atom is -0.322 e. The summed E-state index contributed by atoms with van der Waals surface area (Å²) in [4.78, 5) is 11.7. The predicted molar refractivity (Wildman–Crippen MR) is 80.2 cm³/mol. The molecular weight excluding hydrogens is 291 g/mol. The molecule has 2 aromatic rings. The molecule has 0 aliphatic carbocycles. The molecule has 0 aliphatic rings. The van der Waals surface area contributed by atoms with Gasteiger partial charge in [-0.3, -0.25) is 4.79 Å². The molecule has 2 rings (SSSR count). The van der Waals surface area contributed by atoms with Gasteiger partial charge >= 0.3 is 0 Å². The van der Waals surface area contributed by atoms with Crippen LogP contribution in [0, 0.1) is 17.1 Å². The maximum Gasteiger partial charge on any atom is 0.248 e. The number of benzene rings is 2. The fourth-order valence-electron chi connectivity index (χ4n) is 1.64. The number of carbonyl (C=O) groups is 1. The van der Waals surface area contributed by atoms with E-state index in [0.717, 1.165) is 0 Å². The van der Waals surface area contributed by atoms with E-state index in [4.69, 9.17) is 16.9 Å². The Bertz CT molecular complexity index is 750. The van der Waals surface area contributed by atoms with E-state index in [1.807, 2.05) is 6.07 Å². The van der Waals surface area contributed by atoms with Crippen molar-refractivity contribution in [2.75, 3.05) is 5.32 Å². The molecule has 0 saturated heterocycles. The van der Waals surface area contributed by atoms with Gasteiger partial charge in [-0.2, -0.15) is 5.26 Å². The van der Waals surface area contributed by atoms with Crippen LogP contribution in [0.15, 0.2) is 48.5 Å². The second-order valence-corrected chi connectivity index (χ2v) is 4.56. The van der Waals surface area contributed by atoms with Crippen molar-refractivity contribution in [2.45, 2.75) is 0 Å². The first-order valence-corrected chi connectivity index (χ1v) is 6.41. The van der Waals surface area contributed by atoms with Crippen molar-refractivity contribution in [1.29, 1.82) is 5.26 Å². The number of nitrogens with one attached hydrogen (secondary N) is 1. The molecule has 1 amide bonds. The Morgan fingerprint density at radius 1 is 1.29 bits per heavy atom. The number of nitriles is 1. The molecule has 0 radical (unpaired) electrons. The first kappa shape index (κ1) is 14.8. The molecule has 0 bridgehead atoms. The Balaban J connectivity index is 2.07. The van der Waals surface area contributed by atoms with Crippen molar-refractivity contribution in [3.05, 3.63) is 70.5 Å². The summed E-state index contributed by atoms with van der Waals surface area (Å²) < 4.78 is 13.4. The van der Waals surface area contributed by atoms with E-state index in [-0.39, 0.29) is 5.02 Å². The lowest BCUT2D eigenvalue weighted by molar-refractivity contribution is -0.111. The number of hydrogen-bond acceptors (Lipinski definition) is 2. The van der Waals surface area contributed by atoms with Gasteiger partial charge in [0.15, 0.2) is 0 Å². The molecule has 3 nitrogen and oxygen atoms in total. The Morgan fingerprint density at radius 3 is 2.71 bits per heavy atom. The average molecular weight is 301 g/mol. The number of nitrogens with zero attached hydrogens (tertiary/aromatic N) is 1. The van der Waals surface area contributed by atoms with Gasteiger partial charge in [-0.15, -0.1) is 0 Å². The lowest BCUT2D eigenvalue weighted by atomic mass is 10.2. The third-order valence-corrected chi connectivity index (χ3v) is 2.99. The van der Waals surface area contributed by atoms with E-state index >= 15 is 0 Å². The van der Waals surface area contributed by atoms with Crippen LogP contribution in [0.25, 0.3) is 6.08 Å². The summed E-state index contributed by atoms with van der Waals surface area (Å²) in [6, 6.07) is 12.6. The van der Waals surface area contributed by atoms with Gasteiger partial charge in [0.1, 0.15) is 11.9 Å². The Morgan fingerprint density at radius 2 is 2.05 bits per heavy atom. The maximum atomic E-state index is 13.4. The minimum atomic E-state index is -0.418. The number of halogens is 2. The SMILES string of the molecule is N#Cc1ccc(NC(=O)/C=C/c2ccccc2F)cc1Cl. The van der Waals surface area contributed by atoms with Crippen LogP contribution in [-0.2, 0) is 4.79 Å². The first-order chi connectivity index (χ1) is 10.1. The molecule has 5 heteroatoms. The second kappa shape index (κ2) is 6.69. The van der Waals surface area contributed by atoms with Crippen LogP contribution in [0.3, 0.4) is 0 Å². The van der Waals surface area contributed by atoms with E-state index in [1.165, 1.54) is 30.4 Å². The molecule has 0 saturated carbocycles. The highest BCUT2D eigenvalue weighted by molar-refractivity contribution is 6.32. The fourth-order valence-corrected chi connectivity index (χ4v) is 1.87. The van der Waals surface area contributed by atoms with Crippen LogP contribution in [0.4, 0.5) is 10.1 Å².